The molecule has 1 aromatic carbocycles. The maximum absolute atomic E-state index is 2.08. The first-order valence-electron chi connectivity index (χ1n) is 2.41. The predicted molar refractivity (Wildman–Crippen MR) is 51.3 cm³/mol. The van der Waals surface area contributed by atoms with Gasteiger partial charge in [-0.2, -0.15) is 0 Å². The molecule has 68 valence electrons. The highest BCUT2D eigenvalue weighted by molar-refractivity contribution is 5.11. The van der Waals surface area contributed by atoms with Crippen LogP contribution in [0.2, 0.25) is 0 Å². The molecule has 0 spiro atoms. The van der Waals surface area contributed by atoms with E-state index in [0.29, 0.717) is 0 Å². The van der Waals surface area contributed by atoms with Gasteiger partial charge in [0.1, 0.15) is 0 Å². The van der Waals surface area contributed by atoms with E-state index in [-0.39, 0.29) is 24.6 Å². The highest BCUT2D eigenvalue weighted by Gasteiger charge is 1.72. The van der Waals surface area contributed by atoms with Gasteiger partial charge in [-0.3, -0.25) is 0 Å². The molecule has 1 rings (SSSR count). The van der Waals surface area contributed by atoms with E-state index in [9.17, 15) is 0 Å². The largest absolute Gasteiger partial charge is 0.344 e. The molecule has 4 nitrogen and oxygen atoms in total. The van der Waals surface area contributed by atoms with Crippen LogP contribution in [0.1, 0.15) is 5.56 Å². The Morgan fingerprint density at radius 1 is 0.727 bits per heavy atom. The van der Waals surface area contributed by atoms with E-state index in [0.717, 1.165) is 0 Å². The zero-order valence-corrected chi connectivity index (χ0v) is 7.22. The van der Waals surface area contributed by atoms with E-state index in [1.807, 2.05) is 18.2 Å². The molecule has 0 saturated carbocycles. The van der Waals surface area contributed by atoms with E-state index < -0.39 is 0 Å². The third kappa shape index (κ3) is 9.06. The second kappa shape index (κ2) is 11.8. The minimum atomic E-state index is 0. The monoisotopic (exact) mass is 160 g/mol. The second-order valence-corrected chi connectivity index (χ2v) is 1.65. The van der Waals surface area contributed by atoms with Gasteiger partial charge in [0.25, 0.3) is 0 Å². The molecule has 0 heterocycles. The fourth-order valence-electron chi connectivity index (χ4n) is 0.534. The Balaban J connectivity index is -0.0000000612. The summed E-state index contributed by atoms with van der Waals surface area (Å²) >= 11 is 0. The maximum Gasteiger partial charge on any atom is -0.0398 e. The lowest BCUT2D eigenvalue weighted by Gasteiger charge is -1.82. The van der Waals surface area contributed by atoms with Gasteiger partial charge >= 0.3 is 0 Å². The average molecular weight is 160 g/mol. The van der Waals surface area contributed by atoms with Gasteiger partial charge in [-0.05, 0) is 6.92 Å². The van der Waals surface area contributed by atoms with Crippen molar-refractivity contribution in [3.05, 3.63) is 35.9 Å². The Morgan fingerprint density at radius 3 is 1.27 bits per heavy atom. The molecule has 0 fully saturated rings. The van der Waals surface area contributed by atoms with Crippen molar-refractivity contribution in [1.82, 2.24) is 24.6 Å². The lowest BCUT2D eigenvalue weighted by atomic mass is 10.2. The van der Waals surface area contributed by atoms with E-state index >= 15 is 0 Å². The first kappa shape index (κ1) is 22.5. The summed E-state index contributed by atoms with van der Waals surface area (Å²) in [6, 6.07) is 10.3. The fourth-order valence-corrected chi connectivity index (χ4v) is 0.534. The van der Waals surface area contributed by atoms with Gasteiger partial charge in [0.15, 0.2) is 0 Å². The molecule has 0 bridgehead atoms. The first-order chi connectivity index (χ1) is 3.39. The van der Waals surface area contributed by atoms with Crippen LogP contribution in [-0.2, 0) is 0 Å². The zero-order chi connectivity index (χ0) is 5.11. The van der Waals surface area contributed by atoms with Crippen LogP contribution in [0.4, 0.5) is 0 Å². The van der Waals surface area contributed by atoms with E-state index in [1.54, 1.807) is 0 Å². The highest BCUT2D eigenvalue weighted by atomic mass is 14.0. The summed E-state index contributed by atoms with van der Waals surface area (Å²) in [6.45, 7) is 2.08. The lowest BCUT2D eigenvalue weighted by Crippen LogP contribution is -1.62. The molecule has 11 heavy (non-hydrogen) atoms. The molecule has 0 radical (unpaired) electrons. The van der Waals surface area contributed by atoms with Crippen LogP contribution in [-0.4, -0.2) is 0 Å². The van der Waals surface area contributed by atoms with E-state index in [4.69, 9.17) is 0 Å². The summed E-state index contributed by atoms with van der Waals surface area (Å²) in [5.41, 5.74) is 1.32. The SMILES string of the molecule is Cc1ccccc1.N.N.N.N. The molecule has 4 heteroatoms. The summed E-state index contributed by atoms with van der Waals surface area (Å²) in [6.07, 6.45) is 0. The minimum Gasteiger partial charge on any atom is -0.344 e. The van der Waals surface area contributed by atoms with Gasteiger partial charge < -0.3 is 24.6 Å². The smallest absolute Gasteiger partial charge is 0.0398 e. The number of benzene rings is 1. The third-order valence-corrected chi connectivity index (χ3v) is 0.940. The lowest BCUT2D eigenvalue weighted by molar-refractivity contribution is 1.48. The predicted octanol–water partition coefficient (Wildman–Crippen LogP) is 2.64. The molecule has 1 aromatic rings. The van der Waals surface area contributed by atoms with Crippen LogP contribution in [0, 0.1) is 6.92 Å². The van der Waals surface area contributed by atoms with Gasteiger partial charge in [0.2, 0.25) is 0 Å². The van der Waals surface area contributed by atoms with Gasteiger partial charge in [0, 0.05) is 0 Å². The minimum absolute atomic E-state index is 0. The topological polar surface area (TPSA) is 140 Å². The Morgan fingerprint density at radius 2 is 1.09 bits per heavy atom. The fraction of sp³-hybridized carbons (Fsp3) is 0.143. The van der Waals surface area contributed by atoms with Crippen molar-refractivity contribution in [2.24, 2.45) is 0 Å². The molecule has 12 N–H and O–H groups in total. The molecule has 0 unspecified atom stereocenters. The quantitative estimate of drug-likeness (QED) is 0.463. The summed E-state index contributed by atoms with van der Waals surface area (Å²) in [4.78, 5) is 0. The van der Waals surface area contributed by atoms with Gasteiger partial charge in [-0.25, -0.2) is 0 Å². The Kier molecular flexibility index (Phi) is 24.1. The summed E-state index contributed by atoms with van der Waals surface area (Å²) in [5.74, 6) is 0. The van der Waals surface area contributed by atoms with Crippen molar-refractivity contribution in [2.45, 2.75) is 6.92 Å². The summed E-state index contributed by atoms with van der Waals surface area (Å²) < 4.78 is 0. The maximum atomic E-state index is 2.08. The summed E-state index contributed by atoms with van der Waals surface area (Å²) in [5, 5.41) is 0. The normalized spacial score (nSPS) is 5.55. The van der Waals surface area contributed by atoms with Crippen LogP contribution in [0.15, 0.2) is 30.3 Å². The Labute approximate surface area is 68.3 Å². The molecule has 0 aromatic heterocycles. The van der Waals surface area contributed by atoms with Crippen molar-refractivity contribution in [3.63, 3.8) is 0 Å². The molecule has 0 aliphatic heterocycles. The Bertz CT molecular complexity index is 140. The second-order valence-electron chi connectivity index (χ2n) is 1.65. The molecule has 0 aliphatic carbocycles. The van der Waals surface area contributed by atoms with Crippen LogP contribution in [0.5, 0.6) is 0 Å². The number of rotatable bonds is 0. The average Bonchev–Trinajstić information content (AvgIpc) is 1.69. The Hall–Kier alpha value is -0.940. The van der Waals surface area contributed by atoms with Gasteiger partial charge in [-0.1, -0.05) is 35.9 Å². The zero-order valence-electron chi connectivity index (χ0n) is 7.22. The van der Waals surface area contributed by atoms with E-state index in [2.05, 4.69) is 19.1 Å². The van der Waals surface area contributed by atoms with Crippen molar-refractivity contribution in [1.29, 1.82) is 0 Å². The van der Waals surface area contributed by atoms with Crippen LogP contribution in [0.3, 0.4) is 0 Å². The van der Waals surface area contributed by atoms with Crippen molar-refractivity contribution in [2.75, 3.05) is 0 Å². The highest BCUT2D eigenvalue weighted by Crippen LogP contribution is 1.92. The molecule has 0 saturated heterocycles. The van der Waals surface area contributed by atoms with Crippen molar-refractivity contribution in [3.8, 4) is 0 Å². The van der Waals surface area contributed by atoms with Gasteiger partial charge in [-0.15, -0.1) is 0 Å². The number of hydrogen-bond donors (Lipinski definition) is 4. The molecular formula is C7H20N4. The first-order valence-corrected chi connectivity index (χ1v) is 2.41. The molecule has 0 aliphatic rings. The van der Waals surface area contributed by atoms with E-state index in [1.165, 1.54) is 5.56 Å². The van der Waals surface area contributed by atoms with Crippen LogP contribution in [0.25, 0.3) is 0 Å². The van der Waals surface area contributed by atoms with Crippen molar-refractivity contribution < 1.29 is 0 Å². The molecule has 0 amide bonds. The molecular weight excluding hydrogens is 140 g/mol. The third-order valence-electron chi connectivity index (χ3n) is 0.940. The van der Waals surface area contributed by atoms with Crippen molar-refractivity contribution >= 4 is 0 Å². The van der Waals surface area contributed by atoms with Crippen LogP contribution >= 0.6 is 0 Å². The molecule has 0 atom stereocenters. The summed E-state index contributed by atoms with van der Waals surface area (Å²) in [7, 11) is 0. The number of hydrogen-bond acceptors (Lipinski definition) is 4. The standard InChI is InChI=1S/C7H8.4H3N/c1-7-5-3-2-4-6-7;;;;/h2-6H,1H3;4*1H3. The van der Waals surface area contributed by atoms with Gasteiger partial charge in [0.05, 0.1) is 0 Å². The number of aryl methyl sites for hydroxylation is 1. The van der Waals surface area contributed by atoms with Crippen LogP contribution < -0.4 is 24.6 Å².